The molecule has 0 fully saturated rings. The van der Waals surface area contributed by atoms with E-state index >= 15 is 0 Å². The number of rotatable bonds is 8. The highest BCUT2D eigenvalue weighted by molar-refractivity contribution is 5.34. The van der Waals surface area contributed by atoms with Crippen LogP contribution in [-0.4, -0.2) is 26.1 Å². The summed E-state index contributed by atoms with van der Waals surface area (Å²) in [4.78, 5) is 12.5. The zero-order valence-corrected chi connectivity index (χ0v) is 11.4. The molecule has 0 aliphatic heterocycles. The van der Waals surface area contributed by atoms with Crippen LogP contribution in [0.25, 0.3) is 0 Å². The van der Waals surface area contributed by atoms with Gasteiger partial charge in [-0.2, -0.15) is 0 Å². The highest BCUT2D eigenvalue weighted by Gasteiger charge is 1.97. The number of unbranched alkanes of at least 4 members (excludes halogenated alkanes) is 1. The second-order valence-electron chi connectivity index (χ2n) is 4.58. The van der Waals surface area contributed by atoms with Crippen LogP contribution in [0.5, 0.6) is 0 Å². The molecule has 0 saturated carbocycles. The van der Waals surface area contributed by atoms with Crippen LogP contribution in [0.15, 0.2) is 31.1 Å². The Morgan fingerprint density at radius 3 is 3.00 bits per heavy atom. The first-order chi connectivity index (χ1) is 9.38. The van der Waals surface area contributed by atoms with E-state index in [9.17, 15) is 0 Å². The minimum absolute atomic E-state index is 0.932. The summed E-state index contributed by atoms with van der Waals surface area (Å²) in [5, 5.41) is 3.35. The summed E-state index contributed by atoms with van der Waals surface area (Å²) in [6, 6.07) is 2.04. The van der Waals surface area contributed by atoms with Crippen LogP contribution < -0.4 is 5.32 Å². The molecule has 0 bridgehead atoms. The molecule has 0 atom stereocenters. The number of hydrogen-bond acceptors (Lipinski definition) is 4. The van der Waals surface area contributed by atoms with Crippen LogP contribution in [-0.2, 0) is 13.0 Å². The Labute approximate surface area is 114 Å². The molecular formula is C14H21N5. The molecule has 0 unspecified atom stereocenters. The third-order valence-corrected chi connectivity index (χ3v) is 2.94. The lowest BCUT2D eigenvalue weighted by Gasteiger charge is -2.07. The molecule has 0 saturated heterocycles. The lowest BCUT2D eigenvalue weighted by Crippen LogP contribution is -2.06. The molecule has 2 rings (SSSR count). The number of aromatic nitrogens is 4. The summed E-state index contributed by atoms with van der Waals surface area (Å²) in [6.45, 7) is 4.12. The molecule has 0 radical (unpaired) electrons. The van der Waals surface area contributed by atoms with Gasteiger partial charge in [0.2, 0.25) is 0 Å². The van der Waals surface area contributed by atoms with Gasteiger partial charge in [0.05, 0.1) is 6.33 Å². The average Bonchev–Trinajstić information content (AvgIpc) is 2.92. The van der Waals surface area contributed by atoms with Crippen LogP contribution in [0.1, 0.15) is 31.9 Å². The van der Waals surface area contributed by atoms with E-state index in [1.165, 1.54) is 0 Å². The van der Waals surface area contributed by atoms with Gasteiger partial charge in [0.1, 0.15) is 12.1 Å². The second kappa shape index (κ2) is 7.51. The topological polar surface area (TPSA) is 55.6 Å². The maximum Gasteiger partial charge on any atom is 0.129 e. The van der Waals surface area contributed by atoms with Gasteiger partial charge in [-0.3, -0.25) is 0 Å². The smallest absolute Gasteiger partial charge is 0.129 e. The summed E-state index contributed by atoms with van der Waals surface area (Å²) in [5.74, 6) is 0.932. The molecular weight excluding hydrogens is 238 g/mol. The second-order valence-corrected chi connectivity index (χ2v) is 4.58. The van der Waals surface area contributed by atoms with Crippen LogP contribution in [0.3, 0.4) is 0 Å². The Kier molecular flexibility index (Phi) is 5.34. The number of anilines is 1. The van der Waals surface area contributed by atoms with Crippen LogP contribution in [0.2, 0.25) is 0 Å². The molecule has 2 aromatic heterocycles. The Balaban J connectivity index is 1.66. The van der Waals surface area contributed by atoms with E-state index in [4.69, 9.17) is 0 Å². The van der Waals surface area contributed by atoms with Crippen LogP contribution in [0, 0.1) is 0 Å². The third kappa shape index (κ3) is 4.69. The molecule has 0 aromatic carbocycles. The van der Waals surface area contributed by atoms with Crippen molar-refractivity contribution in [2.75, 3.05) is 11.9 Å². The minimum atomic E-state index is 0.932. The highest BCUT2D eigenvalue weighted by Crippen LogP contribution is 2.06. The van der Waals surface area contributed by atoms with E-state index in [2.05, 4.69) is 31.8 Å². The van der Waals surface area contributed by atoms with Gasteiger partial charge in [-0.15, -0.1) is 0 Å². The van der Waals surface area contributed by atoms with Gasteiger partial charge >= 0.3 is 0 Å². The van der Waals surface area contributed by atoms with E-state index in [0.717, 1.165) is 50.3 Å². The fourth-order valence-corrected chi connectivity index (χ4v) is 1.94. The summed E-state index contributed by atoms with van der Waals surface area (Å²) in [5.41, 5.74) is 1.11. The quantitative estimate of drug-likeness (QED) is 0.740. The van der Waals surface area contributed by atoms with Gasteiger partial charge in [0.25, 0.3) is 0 Å². The number of aryl methyl sites for hydroxylation is 2. The molecule has 2 aromatic rings. The van der Waals surface area contributed by atoms with Crippen molar-refractivity contribution < 1.29 is 0 Å². The first-order valence-corrected chi connectivity index (χ1v) is 6.89. The summed E-state index contributed by atoms with van der Waals surface area (Å²) >= 11 is 0. The zero-order valence-electron chi connectivity index (χ0n) is 11.4. The van der Waals surface area contributed by atoms with E-state index in [1.54, 1.807) is 6.33 Å². The molecule has 5 nitrogen and oxygen atoms in total. The van der Waals surface area contributed by atoms with Gasteiger partial charge in [0.15, 0.2) is 0 Å². The van der Waals surface area contributed by atoms with E-state index in [1.807, 2.05) is 24.8 Å². The van der Waals surface area contributed by atoms with Crippen molar-refractivity contribution in [2.45, 2.75) is 39.2 Å². The Morgan fingerprint density at radius 1 is 1.26 bits per heavy atom. The first-order valence-electron chi connectivity index (χ1n) is 6.89. The normalized spacial score (nSPS) is 10.6. The van der Waals surface area contributed by atoms with E-state index in [-0.39, 0.29) is 0 Å². The van der Waals surface area contributed by atoms with Crippen molar-refractivity contribution >= 4 is 5.82 Å². The number of hydrogen-bond donors (Lipinski definition) is 1. The molecule has 19 heavy (non-hydrogen) atoms. The van der Waals surface area contributed by atoms with Gasteiger partial charge in [0, 0.05) is 37.2 Å². The largest absolute Gasteiger partial charge is 0.370 e. The average molecular weight is 259 g/mol. The van der Waals surface area contributed by atoms with Crippen molar-refractivity contribution in [3.8, 4) is 0 Å². The van der Waals surface area contributed by atoms with Crippen molar-refractivity contribution in [1.29, 1.82) is 0 Å². The SMILES string of the molecule is CCCc1cc(NCCCCn2ccnc2)ncn1. The van der Waals surface area contributed by atoms with Gasteiger partial charge in [-0.05, 0) is 19.3 Å². The van der Waals surface area contributed by atoms with Gasteiger partial charge in [-0.1, -0.05) is 13.3 Å². The lowest BCUT2D eigenvalue weighted by atomic mass is 10.2. The molecule has 0 amide bonds. The molecule has 0 aliphatic carbocycles. The Hall–Kier alpha value is -1.91. The fraction of sp³-hybridized carbons (Fsp3) is 0.500. The third-order valence-electron chi connectivity index (χ3n) is 2.94. The van der Waals surface area contributed by atoms with Crippen molar-refractivity contribution in [3.05, 3.63) is 36.8 Å². The number of nitrogens with one attached hydrogen (secondary N) is 1. The van der Waals surface area contributed by atoms with Crippen molar-refractivity contribution in [2.24, 2.45) is 0 Å². The monoisotopic (exact) mass is 259 g/mol. The predicted molar refractivity (Wildman–Crippen MR) is 76.0 cm³/mol. The molecule has 0 spiro atoms. The minimum Gasteiger partial charge on any atom is -0.370 e. The highest BCUT2D eigenvalue weighted by atomic mass is 15.0. The van der Waals surface area contributed by atoms with Gasteiger partial charge < -0.3 is 9.88 Å². The van der Waals surface area contributed by atoms with Crippen molar-refractivity contribution in [3.63, 3.8) is 0 Å². The number of imidazole rings is 1. The maximum absolute atomic E-state index is 4.25. The molecule has 5 heteroatoms. The van der Waals surface area contributed by atoms with Crippen molar-refractivity contribution in [1.82, 2.24) is 19.5 Å². The molecule has 0 aliphatic rings. The Bertz CT molecular complexity index is 466. The number of nitrogens with zero attached hydrogens (tertiary/aromatic N) is 4. The summed E-state index contributed by atoms with van der Waals surface area (Å²) < 4.78 is 2.10. The van der Waals surface area contributed by atoms with Crippen LogP contribution in [0.4, 0.5) is 5.82 Å². The van der Waals surface area contributed by atoms with Crippen LogP contribution >= 0.6 is 0 Å². The van der Waals surface area contributed by atoms with E-state index < -0.39 is 0 Å². The lowest BCUT2D eigenvalue weighted by molar-refractivity contribution is 0.620. The van der Waals surface area contributed by atoms with Gasteiger partial charge in [-0.25, -0.2) is 15.0 Å². The van der Waals surface area contributed by atoms with E-state index in [0.29, 0.717) is 0 Å². The predicted octanol–water partition coefficient (Wildman–Crippen LogP) is 2.52. The first kappa shape index (κ1) is 13.5. The summed E-state index contributed by atoms with van der Waals surface area (Å²) in [6.07, 6.45) is 11.7. The molecule has 2 heterocycles. The zero-order chi connectivity index (χ0) is 13.3. The standard InChI is InChI=1S/C14H21N5/c1-2-5-13-10-14(18-11-17-13)16-6-3-4-8-19-9-7-15-12-19/h7,9-12H,2-6,8H2,1H3,(H,16,17,18). The molecule has 1 N–H and O–H groups in total. The summed E-state index contributed by atoms with van der Waals surface area (Å²) in [7, 11) is 0. The molecule has 102 valence electrons. The fourth-order valence-electron chi connectivity index (χ4n) is 1.94. The Morgan fingerprint density at radius 2 is 2.21 bits per heavy atom. The maximum atomic E-state index is 4.25.